The van der Waals surface area contributed by atoms with E-state index in [2.05, 4.69) is 9.47 Å². The normalized spacial score (nSPS) is 9.92. The van der Waals surface area contributed by atoms with E-state index in [1.807, 2.05) is 0 Å². The van der Waals surface area contributed by atoms with Crippen molar-refractivity contribution in [3.63, 3.8) is 0 Å². The third-order valence-electron chi connectivity index (χ3n) is 2.82. The number of hydrogen-bond acceptors (Lipinski definition) is 8. The molecule has 0 aromatic rings. The van der Waals surface area contributed by atoms with Crippen molar-refractivity contribution < 1.29 is 38.1 Å². The molecule has 0 aromatic carbocycles. The molecule has 138 valence electrons. The minimum atomic E-state index is -0.563. The summed E-state index contributed by atoms with van der Waals surface area (Å²) in [6, 6.07) is 0. The zero-order valence-electron chi connectivity index (χ0n) is 14.3. The van der Waals surface area contributed by atoms with E-state index in [1.165, 1.54) is 0 Å². The molecule has 0 saturated heterocycles. The van der Waals surface area contributed by atoms with Crippen molar-refractivity contribution in [1.29, 1.82) is 0 Å². The summed E-state index contributed by atoms with van der Waals surface area (Å²) in [7, 11) is 0. The fourth-order valence-electron chi connectivity index (χ4n) is 1.72. The Labute approximate surface area is 141 Å². The molecular formula is C16H26O8. The molecule has 0 bridgehead atoms. The molecule has 0 aliphatic carbocycles. The highest BCUT2D eigenvalue weighted by atomic mass is 16.6. The Morgan fingerprint density at radius 2 is 0.917 bits per heavy atom. The highest BCUT2D eigenvalue weighted by molar-refractivity contribution is 5.76. The minimum Gasteiger partial charge on any atom is -0.463 e. The van der Waals surface area contributed by atoms with Crippen LogP contribution in [0.5, 0.6) is 0 Å². The molecular weight excluding hydrogens is 320 g/mol. The van der Waals surface area contributed by atoms with Crippen molar-refractivity contribution >= 4 is 23.9 Å². The largest absolute Gasteiger partial charge is 0.463 e. The second-order valence-electron chi connectivity index (χ2n) is 4.85. The van der Waals surface area contributed by atoms with E-state index in [-0.39, 0.29) is 39.3 Å². The Morgan fingerprint density at radius 3 is 1.25 bits per heavy atom. The Hall–Kier alpha value is -2.12. The Bertz CT molecular complexity index is 367. The van der Waals surface area contributed by atoms with Gasteiger partial charge < -0.3 is 18.9 Å². The van der Waals surface area contributed by atoms with Crippen LogP contribution >= 0.6 is 0 Å². The molecule has 24 heavy (non-hydrogen) atoms. The lowest BCUT2D eigenvalue weighted by Crippen LogP contribution is -2.16. The van der Waals surface area contributed by atoms with Gasteiger partial charge in [0.1, 0.15) is 0 Å². The number of esters is 4. The Balaban J connectivity index is 3.49. The second-order valence-corrected chi connectivity index (χ2v) is 4.85. The summed E-state index contributed by atoms with van der Waals surface area (Å²) in [5.41, 5.74) is 0. The van der Waals surface area contributed by atoms with Crippen molar-refractivity contribution in [2.24, 2.45) is 0 Å². The van der Waals surface area contributed by atoms with Crippen LogP contribution in [0.15, 0.2) is 0 Å². The highest BCUT2D eigenvalue weighted by Crippen LogP contribution is 2.07. The van der Waals surface area contributed by atoms with Gasteiger partial charge in [-0.3, -0.25) is 9.59 Å². The van der Waals surface area contributed by atoms with E-state index >= 15 is 0 Å². The first-order valence-electron chi connectivity index (χ1n) is 8.12. The van der Waals surface area contributed by atoms with Gasteiger partial charge in [0, 0.05) is 12.8 Å². The van der Waals surface area contributed by atoms with Gasteiger partial charge >= 0.3 is 23.9 Å². The second kappa shape index (κ2) is 14.5. The molecule has 0 unspecified atom stereocenters. The Kier molecular flexibility index (Phi) is 13.2. The molecule has 0 N–H and O–H groups in total. The van der Waals surface area contributed by atoms with Crippen LogP contribution in [-0.4, -0.2) is 50.3 Å². The van der Waals surface area contributed by atoms with E-state index in [9.17, 15) is 19.2 Å². The van der Waals surface area contributed by atoms with Gasteiger partial charge in [0.25, 0.3) is 0 Å². The summed E-state index contributed by atoms with van der Waals surface area (Å²) >= 11 is 0. The monoisotopic (exact) mass is 346 g/mol. The average Bonchev–Trinajstić information content (AvgIpc) is 2.54. The summed E-state index contributed by atoms with van der Waals surface area (Å²) in [4.78, 5) is 44.7. The number of ether oxygens (including phenoxy) is 4. The average molecular weight is 346 g/mol. The Morgan fingerprint density at radius 1 is 0.542 bits per heavy atom. The zero-order valence-corrected chi connectivity index (χ0v) is 14.3. The lowest BCUT2D eigenvalue weighted by atomic mass is 10.1. The SMILES string of the molecule is CCOC(=O)COC(=O)CCCCCCC(=O)OCC(=O)OCC. The van der Waals surface area contributed by atoms with Gasteiger partial charge in [0.2, 0.25) is 0 Å². The predicted octanol–water partition coefficient (Wildman–Crippen LogP) is 1.54. The number of hydrogen-bond donors (Lipinski definition) is 0. The topological polar surface area (TPSA) is 105 Å². The molecule has 0 fully saturated rings. The molecule has 0 aliphatic heterocycles. The van der Waals surface area contributed by atoms with E-state index in [0.29, 0.717) is 12.8 Å². The van der Waals surface area contributed by atoms with E-state index < -0.39 is 23.9 Å². The van der Waals surface area contributed by atoms with Crippen molar-refractivity contribution in [2.45, 2.75) is 52.4 Å². The van der Waals surface area contributed by atoms with E-state index in [1.54, 1.807) is 13.8 Å². The van der Waals surface area contributed by atoms with E-state index in [0.717, 1.165) is 12.8 Å². The van der Waals surface area contributed by atoms with Gasteiger partial charge in [-0.1, -0.05) is 12.8 Å². The predicted molar refractivity (Wildman–Crippen MR) is 82.9 cm³/mol. The van der Waals surface area contributed by atoms with Crippen molar-refractivity contribution in [3.8, 4) is 0 Å². The molecule has 0 spiro atoms. The standard InChI is InChI=1S/C16H26O8/c1-3-21-15(19)11-23-13(17)9-7-5-6-8-10-14(18)24-12-16(20)22-4-2/h3-12H2,1-2H3. The summed E-state index contributed by atoms with van der Waals surface area (Å²) in [5, 5.41) is 0. The van der Waals surface area contributed by atoms with Crippen LogP contribution in [0.1, 0.15) is 52.4 Å². The summed E-state index contributed by atoms with van der Waals surface area (Å²) in [6.45, 7) is 3.12. The highest BCUT2D eigenvalue weighted by Gasteiger charge is 2.09. The minimum absolute atomic E-state index is 0.215. The summed E-state index contributed by atoms with van der Waals surface area (Å²) < 4.78 is 18.8. The summed E-state index contributed by atoms with van der Waals surface area (Å²) in [5.74, 6) is -2.02. The van der Waals surface area contributed by atoms with Crippen LogP contribution in [0.4, 0.5) is 0 Å². The third-order valence-corrected chi connectivity index (χ3v) is 2.82. The van der Waals surface area contributed by atoms with Gasteiger partial charge in [0.15, 0.2) is 13.2 Å². The van der Waals surface area contributed by atoms with Crippen molar-refractivity contribution in [1.82, 2.24) is 0 Å². The molecule has 0 aliphatic rings. The van der Waals surface area contributed by atoms with E-state index in [4.69, 9.17) is 9.47 Å². The van der Waals surface area contributed by atoms with Crippen molar-refractivity contribution in [2.75, 3.05) is 26.4 Å². The van der Waals surface area contributed by atoms with Gasteiger partial charge in [-0.05, 0) is 26.7 Å². The fraction of sp³-hybridized carbons (Fsp3) is 0.750. The molecule has 0 atom stereocenters. The number of rotatable bonds is 13. The lowest BCUT2D eigenvalue weighted by Gasteiger charge is -2.05. The van der Waals surface area contributed by atoms with Crippen LogP contribution in [0, 0.1) is 0 Å². The molecule has 0 aromatic heterocycles. The molecule has 0 rings (SSSR count). The third kappa shape index (κ3) is 13.5. The smallest absolute Gasteiger partial charge is 0.344 e. The first-order valence-corrected chi connectivity index (χ1v) is 8.12. The van der Waals surface area contributed by atoms with Gasteiger partial charge in [-0.25, -0.2) is 9.59 Å². The van der Waals surface area contributed by atoms with Crippen LogP contribution < -0.4 is 0 Å². The van der Waals surface area contributed by atoms with Crippen molar-refractivity contribution in [3.05, 3.63) is 0 Å². The molecule has 0 amide bonds. The van der Waals surface area contributed by atoms with Gasteiger partial charge in [-0.2, -0.15) is 0 Å². The maximum Gasteiger partial charge on any atom is 0.344 e. The first-order chi connectivity index (χ1) is 11.5. The molecule has 0 saturated carbocycles. The van der Waals surface area contributed by atoms with Crippen LogP contribution in [-0.2, 0) is 38.1 Å². The maximum atomic E-state index is 11.3. The van der Waals surface area contributed by atoms with Gasteiger partial charge in [-0.15, -0.1) is 0 Å². The molecule has 8 nitrogen and oxygen atoms in total. The van der Waals surface area contributed by atoms with Crippen LogP contribution in [0.25, 0.3) is 0 Å². The first kappa shape index (κ1) is 21.9. The summed E-state index contributed by atoms with van der Waals surface area (Å²) in [6.07, 6.45) is 3.15. The number of unbranched alkanes of at least 4 members (excludes halogenated alkanes) is 3. The van der Waals surface area contributed by atoms with Crippen LogP contribution in [0.3, 0.4) is 0 Å². The zero-order chi connectivity index (χ0) is 18.2. The molecule has 8 heteroatoms. The number of carbonyl (C=O) groups is 4. The quantitative estimate of drug-likeness (QED) is 0.281. The number of carbonyl (C=O) groups excluding carboxylic acids is 4. The fourth-order valence-corrected chi connectivity index (χ4v) is 1.72. The van der Waals surface area contributed by atoms with Gasteiger partial charge in [0.05, 0.1) is 13.2 Å². The molecule has 0 heterocycles. The molecule has 0 radical (unpaired) electrons. The maximum absolute atomic E-state index is 11.3. The van der Waals surface area contributed by atoms with Crippen LogP contribution in [0.2, 0.25) is 0 Å². The lowest BCUT2D eigenvalue weighted by molar-refractivity contribution is -0.158.